The number of benzene rings is 1. The number of likely N-dealkylation sites (N-methyl/N-ethyl adjacent to an activating group) is 1. The van der Waals surface area contributed by atoms with Gasteiger partial charge in [0.05, 0.1) is 0 Å². The van der Waals surface area contributed by atoms with E-state index in [4.69, 9.17) is 11.6 Å². The second-order valence-corrected chi connectivity index (χ2v) is 6.48. The van der Waals surface area contributed by atoms with Crippen molar-refractivity contribution in [3.05, 3.63) is 34.9 Å². The molecule has 0 saturated carbocycles. The molecule has 0 saturated heterocycles. The normalized spacial score (nSPS) is 14.5. The number of amides is 2. The number of hydrogen-bond donors (Lipinski definition) is 3. The summed E-state index contributed by atoms with van der Waals surface area (Å²) in [5.74, 6) is -0.390. The van der Waals surface area contributed by atoms with Gasteiger partial charge in [-0.25, -0.2) is 0 Å². The van der Waals surface area contributed by atoms with Gasteiger partial charge in [0.25, 0.3) is 5.91 Å². The Balaban J connectivity index is 2.72. The van der Waals surface area contributed by atoms with Gasteiger partial charge in [0.2, 0.25) is 5.91 Å². The third-order valence-corrected chi connectivity index (χ3v) is 4.28. The lowest BCUT2D eigenvalue weighted by molar-refractivity contribution is -0.124. The third kappa shape index (κ3) is 6.49. The molecule has 1 rings (SSSR count). The number of halogens is 1. The van der Waals surface area contributed by atoms with Crippen molar-refractivity contribution < 1.29 is 9.59 Å². The van der Waals surface area contributed by atoms with E-state index < -0.39 is 6.04 Å². The molecule has 0 aromatic heterocycles. The SMILES string of the molecule is CCN[C@H](C)CNC(=O)C(NC(=O)c1ccc(Cl)cc1)C(C)CC. The van der Waals surface area contributed by atoms with Crippen molar-refractivity contribution in [3.8, 4) is 0 Å². The zero-order valence-electron chi connectivity index (χ0n) is 14.9. The summed E-state index contributed by atoms with van der Waals surface area (Å²) in [7, 11) is 0. The minimum atomic E-state index is -0.563. The largest absolute Gasteiger partial charge is 0.353 e. The summed E-state index contributed by atoms with van der Waals surface area (Å²) in [6.45, 7) is 9.36. The van der Waals surface area contributed by atoms with Crippen LogP contribution in [0.5, 0.6) is 0 Å². The molecule has 134 valence electrons. The summed E-state index contributed by atoms with van der Waals surface area (Å²) in [5, 5.41) is 9.57. The van der Waals surface area contributed by atoms with Crippen molar-refractivity contribution in [2.45, 2.75) is 46.2 Å². The minimum Gasteiger partial charge on any atom is -0.353 e. The molecule has 2 amide bonds. The molecule has 1 aromatic rings. The molecule has 0 radical (unpaired) electrons. The standard InChI is InChI=1S/C18H28ClN3O2/c1-5-12(3)16(18(24)21-11-13(4)20-6-2)22-17(23)14-7-9-15(19)10-8-14/h7-10,12-13,16,20H,5-6,11H2,1-4H3,(H,21,24)(H,22,23)/t12?,13-,16?/m1/s1. The van der Waals surface area contributed by atoms with Crippen molar-refractivity contribution in [3.63, 3.8) is 0 Å². The first kappa shape index (κ1) is 20.5. The maximum Gasteiger partial charge on any atom is 0.251 e. The van der Waals surface area contributed by atoms with E-state index >= 15 is 0 Å². The Morgan fingerprint density at radius 3 is 2.29 bits per heavy atom. The average Bonchev–Trinajstić information content (AvgIpc) is 2.57. The van der Waals surface area contributed by atoms with Crippen LogP contribution in [0.4, 0.5) is 0 Å². The molecule has 0 bridgehead atoms. The van der Waals surface area contributed by atoms with E-state index in [0.717, 1.165) is 13.0 Å². The fourth-order valence-corrected chi connectivity index (χ4v) is 2.44. The van der Waals surface area contributed by atoms with Crippen LogP contribution in [0.2, 0.25) is 5.02 Å². The Labute approximate surface area is 149 Å². The van der Waals surface area contributed by atoms with Gasteiger partial charge in [-0.1, -0.05) is 38.8 Å². The van der Waals surface area contributed by atoms with E-state index in [-0.39, 0.29) is 23.8 Å². The van der Waals surface area contributed by atoms with Gasteiger partial charge in [-0.05, 0) is 43.7 Å². The molecule has 3 N–H and O–H groups in total. The van der Waals surface area contributed by atoms with Crippen LogP contribution >= 0.6 is 11.6 Å². The van der Waals surface area contributed by atoms with Crippen LogP contribution in [0.25, 0.3) is 0 Å². The second kappa shape index (κ2) is 10.3. The zero-order chi connectivity index (χ0) is 18.1. The van der Waals surface area contributed by atoms with Crippen LogP contribution < -0.4 is 16.0 Å². The van der Waals surface area contributed by atoms with E-state index in [1.807, 2.05) is 27.7 Å². The van der Waals surface area contributed by atoms with E-state index in [9.17, 15) is 9.59 Å². The molecule has 24 heavy (non-hydrogen) atoms. The highest BCUT2D eigenvalue weighted by atomic mass is 35.5. The molecular weight excluding hydrogens is 326 g/mol. The number of rotatable bonds is 9. The van der Waals surface area contributed by atoms with Gasteiger partial charge < -0.3 is 16.0 Å². The van der Waals surface area contributed by atoms with Crippen LogP contribution in [0.15, 0.2) is 24.3 Å². The predicted octanol–water partition coefficient (Wildman–Crippen LogP) is 2.60. The molecule has 0 heterocycles. The van der Waals surface area contributed by atoms with Crippen molar-refractivity contribution >= 4 is 23.4 Å². The summed E-state index contributed by atoms with van der Waals surface area (Å²) < 4.78 is 0. The topological polar surface area (TPSA) is 70.2 Å². The van der Waals surface area contributed by atoms with E-state index in [0.29, 0.717) is 17.1 Å². The highest BCUT2D eigenvalue weighted by molar-refractivity contribution is 6.30. The lowest BCUT2D eigenvalue weighted by atomic mass is 9.97. The maximum atomic E-state index is 12.5. The fourth-order valence-electron chi connectivity index (χ4n) is 2.31. The van der Waals surface area contributed by atoms with Gasteiger partial charge in [-0.15, -0.1) is 0 Å². The van der Waals surface area contributed by atoms with Crippen molar-refractivity contribution in [2.24, 2.45) is 5.92 Å². The van der Waals surface area contributed by atoms with Gasteiger partial charge in [0.15, 0.2) is 0 Å². The maximum absolute atomic E-state index is 12.5. The molecule has 0 spiro atoms. The van der Waals surface area contributed by atoms with Crippen molar-refractivity contribution in [1.82, 2.24) is 16.0 Å². The van der Waals surface area contributed by atoms with Crippen LogP contribution in [-0.2, 0) is 4.79 Å². The van der Waals surface area contributed by atoms with Crippen molar-refractivity contribution in [1.29, 1.82) is 0 Å². The summed E-state index contributed by atoms with van der Waals surface area (Å²) in [6.07, 6.45) is 0.793. The number of carbonyl (C=O) groups excluding carboxylic acids is 2. The Morgan fingerprint density at radius 1 is 1.12 bits per heavy atom. The number of carbonyl (C=O) groups is 2. The molecule has 3 atom stereocenters. The highest BCUT2D eigenvalue weighted by Gasteiger charge is 2.26. The smallest absolute Gasteiger partial charge is 0.251 e. The van der Waals surface area contributed by atoms with Gasteiger partial charge >= 0.3 is 0 Å². The lowest BCUT2D eigenvalue weighted by Crippen LogP contribution is -2.52. The quantitative estimate of drug-likeness (QED) is 0.639. The van der Waals surface area contributed by atoms with E-state index in [1.165, 1.54) is 0 Å². The molecular formula is C18H28ClN3O2. The first-order chi connectivity index (χ1) is 11.4. The fraction of sp³-hybridized carbons (Fsp3) is 0.556. The second-order valence-electron chi connectivity index (χ2n) is 6.05. The summed E-state index contributed by atoms with van der Waals surface area (Å²) in [6, 6.07) is 6.24. The van der Waals surface area contributed by atoms with Crippen LogP contribution in [0, 0.1) is 5.92 Å². The van der Waals surface area contributed by atoms with Gasteiger partial charge in [0, 0.05) is 23.2 Å². The minimum absolute atomic E-state index is 0.0377. The van der Waals surface area contributed by atoms with Crippen molar-refractivity contribution in [2.75, 3.05) is 13.1 Å². The van der Waals surface area contributed by atoms with Gasteiger partial charge in [-0.2, -0.15) is 0 Å². The third-order valence-electron chi connectivity index (χ3n) is 4.02. The van der Waals surface area contributed by atoms with Gasteiger partial charge in [-0.3, -0.25) is 9.59 Å². The molecule has 1 aromatic carbocycles. The molecule has 2 unspecified atom stereocenters. The number of hydrogen-bond acceptors (Lipinski definition) is 3. The number of nitrogens with one attached hydrogen (secondary N) is 3. The Morgan fingerprint density at radius 2 is 1.75 bits per heavy atom. The predicted molar refractivity (Wildman–Crippen MR) is 98.3 cm³/mol. The highest BCUT2D eigenvalue weighted by Crippen LogP contribution is 2.12. The first-order valence-electron chi connectivity index (χ1n) is 8.46. The summed E-state index contributed by atoms with van der Waals surface area (Å²) in [4.78, 5) is 24.9. The molecule has 0 fully saturated rings. The van der Waals surface area contributed by atoms with Crippen LogP contribution in [-0.4, -0.2) is 37.0 Å². The van der Waals surface area contributed by atoms with Crippen LogP contribution in [0.1, 0.15) is 44.5 Å². The summed E-state index contributed by atoms with van der Waals surface area (Å²) in [5.41, 5.74) is 0.488. The molecule has 0 aliphatic carbocycles. The van der Waals surface area contributed by atoms with E-state index in [2.05, 4.69) is 16.0 Å². The summed E-state index contributed by atoms with van der Waals surface area (Å²) >= 11 is 5.84. The first-order valence-corrected chi connectivity index (χ1v) is 8.84. The zero-order valence-corrected chi connectivity index (χ0v) is 15.6. The Bertz CT molecular complexity index is 534. The molecule has 5 nitrogen and oxygen atoms in total. The molecule has 0 aliphatic rings. The molecule has 0 aliphatic heterocycles. The average molecular weight is 354 g/mol. The lowest BCUT2D eigenvalue weighted by Gasteiger charge is -2.24. The monoisotopic (exact) mass is 353 g/mol. The Kier molecular flexibility index (Phi) is 8.79. The van der Waals surface area contributed by atoms with E-state index in [1.54, 1.807) is 24.3 Å². The molecule has 6 heteroatoms. The van der Waals surface area contributed by atoms with Gasteiger partial charge in [0.1, 0.15) is 6.04 Å². The Hall–Kier alpha value is -1.59. The van der Waals surface area contributed by atoms with Crippen LogP contribution in [0.3, 0.4) is 0 Å².